The van der Waals surface area contributed by atoms with Gasteiger partial charge in [-0.3, -0.25) is 14.6 Å². The molecule has 0 saturated carbocycles. The number of piperidine rings is 1. The van der Waals surface area contributed by atoms with E-state index >= 15 is 0 Å². The maximum atomic E-state index is 12.2. The number of amides is 2. The molecule has 3 rings (SSSR count). The minimum absolute atomic E-state index is 0.0769. The molecular formula is C21H27N5O2. The largest absolute Gasteiger partial charge is 0.357 e. The highest BCUT2D eigenvalue weighted by Crippen LogP contribution is 2.23. The molecule has 28 heavy (non-hydrogen) atoms. The molecule has 2 N–H and O–H groups in total. The topological polar surface area (TPSA) is 87.2 Å². The van der Waals surface area contributed by atoms with Crippen molar-refractivity contribution in [3.05, 3.63) is 48.4 Å². The van der Waals surface area contributed by atoms with E-state index in [0.717, 1.165) is 38.3 Å². The standard InChI is InChI=1S/C21H27N5O2/c1-15(2)12-24-20(27)16-7-10-26(11-8-16)19-6-5-18(14-23-19)25-21(28)17-4-3-9-22-13-17/h3-6,9,13-16H,7-8,10-12H2,1-2H3,(H,24,27)(H,25,28). The van der Waals surface area contributed by atoms with E-state index in [0.29, 0.717) is 17.2 Å². The Morgan fingerprint density at radius 1 is 1.18 bits per heavy atom. The summed E-state index contributed by atoms with van der Waals surface area (Å²) in [7, 11) is 0. The Morgan fingerprint density at radius 3 is 2.57 bits per heavy atom. The van der Waals surface area contributed by atoms with E-state index in [9.17, 15) is 9.59 Å². The second kappa shape index (κ2) is 9.30. The van der Waals surface area contributed by atoms with Gasteiger partial charge in [-0.15, -0.1) is 0 Å². The van der Waals surface area contributed by atoms with E-state index < -0.39 is 0 Å². The molecule has 7 nitrogen and oxygen atoms in total. The number of hydrogen-bond acceptors (Lipinski definition) is 5. The molecule has 2 aromatic rings. The molecular weight excluding hydrogens is 354 g/mol. The molecule has 1 fully saturated rings. The van der Waals surface area contributed by atoms with Crippen molar-refractivity contribution in [3.8, 4) is 0 Å². The molecule has 2 amide bonds. The van der Waals surface area contributed by atoms with Gasteiger partial charge >= 0.3 is 0 Å². The minimum atomic E-state index is -0.212. The van der Waals surface area contributed by atoms with Crippen molar-refractivity contribution in [2.75, 3.05) is 29.9 Å². The molecule has 1 saturated heterocycles. The van der Waals surface area contributed by atoms with Gasteiger partial charge in [-0.25, -0.2) is 4.98 Å². The van der Waals surface area contributed by atoms with Crippen LogP contribution in [-0.2, 0) is 4.79 Å². The predicted octanol–water partition coefficient (Wildman–Crippen LogP) is 2.72. The van der Waals surface area contributed by atoms with Crippen LogP contribution < -0.4 is 15.5 Å². The maximum absolute atomic E-state index is 12.2. The van der Waals surface area contributed by atoms with Gasteiger partial charge in [0.2, 0.25) is 5.91 Å². The molecule has 1 aliphatic heterocycles. The van der Waals surface area contributed by atoms with Crippen LogP contribution in [0.15, 0.2) is 42.9 Å². The Hall–Kier alpha value is -2.96. The normalized spacial score (nSPS) is 14.8. The third-order valence-corrected chi connectivity index (χ3v) is 4.80. The fourth-order valence-corrected chi connectivity index (χ4v) is 3.17. The molecule has 0 aromatic carbocycles. The quantitative estimate of drug-likeness (QED) is 0.803. The lowest BCUT2D eigenvalue weighted by Crippen LogP contribution is -2.41. The van der Waals surface area contributed by atoms with Gasteiger partial charge in [-0.2, -0.15) is 0 Å². The van der Waals surface area contributed by atoms with Crippen molar-refractivity contribution >= 4 is 23.3 Å². The second-order valence-electron chi connectivity index (χ2n) is 7.50. The predicted molar refractivity (Wildman–Crippen MR) is 109 cm³/mol. The van der Waals surface area contributed by atoms with Crippen LogP contribution in [0.1, 0.15) is 37.0 Å². The number of nitrogens with one attached hydrogen (secondary N) is 2. The molecule has 0 unspecified atom stereocenters. The van der Waals surface area contributed by atoms with Gasteiger partial charge in [0.15, 0.2) is 0 Å². The summed E-state index contributed by atoms with van der Waals surface area (Å²) in [6.07, 6.45) is 6.46. The number of carbonyl (C=O) groups is 2. The van der Waals surface area contributed by atoms with E-state index in [2.05, 4.69) is 39.3 Å². The molecule has 0 aliphatic carbocycles. The summed E-state index contributed by atoms with van der Waals surface area (Å²) >= 11 is 0. The first-order chi connectivity index (χ1) is 13.5. The van der Waals surface area contributed by atoms with E-state index in [4.69, 9.17) is 0 Å². The van der Waals surface area contributed by atoms with Crippen LogP contribution in [0.4, 0.5) is 11.5 Å². The zero-order valence-electron chi connectivity index (χ0n) is 16.4. The monoisotopic (exact) mass is 381 g/mol. The summed E-state index contributed by atoms with van der Waals surface area (Å²) in [5.41, 5.74) is 1.14. The fraction of sp³-hybridized carbons (Fsp3) is 0.429. The van der Waals surface area contributed by atoms with E-state index in [1.807, 2.05) is 12.1 Å². The molecule has 0 radical (unpaired) electrons. The third kappa shape index (κ3) is 5.28. The van der Waals surface area contributed by atoms with Crippen LogP contribution in [0.3, 0.4) is 0 Å². The van der Waals surface area contributed by atoms with Crippen molar-refractivity contribution < 1.29 is 9.59 Å². The highest BCUT2D eigenvalue weighted by Gasteiger charge is 2.25. The lowest BCUT2D eigenvalue weighted by atomic mass is 9.95. The van der Waals surface area contributed by atoms with Crippen molar-refractivity contribution in [3.63, 3.8) is 0 Å². The van der Waals surface area contributed by atoms with E-state index in [-0.39, 0.29) is 17.7 Å². The SMILES string of the molecule is CC(C)CNC(=O)C1CCN(c2ccc(NC(=O)c3cccnc3)cn2)CC1. The number of hydrogen-bond donors (Lipinski definition) is 2. The summed E-state index contributed by atoms with van der Waals surface area (Å²) in [5, 5.41) is 5.85. The van der Waals surface area contributed by atoms with Gasteiger partial charge in [0.1, 0.15) is 5.82 Å². The summed E-state index contributed by atoms with van der Waals surface area (Å²) in [6, 6.07) is 7.19. The molecule has 2 aromatic heterocycles. The second-order valence-corrected chi connectivity index (χ2v) is 7.50. The van der Waals surface area contributed by atoms with Gasteiger partial charge in [-0.05, 0) is 43.0 Å². The maximum Gasteiger partial charge on any atom is 0.257 e. The molecule has 0 spiro atoms. The van der Waals surface area contributed by atoms with Gasteiger partial charge < -0.3 is 15.5 Å². The first-order valence-corrected chi connectivity index (χ1v) is 9.73. The summed E-state index contributed by atoms with van der Waals surface area (Å²) in [4.78, 5) is 35.0. The highest BCUT2D eigenvalue weighted by atomic mass is 16.2. The van der Waals surface area contributed by atoms with Crippen LogP contribution in [-0.4, -0.2) is 41.4 Å². The first-order valence-electron chi connectivity index (χ1n) is 9.73. The molecule has 0 bridgehead atoms. The Balaban J connectivity index is 1.51. The van der Waals surface area contributed by atoms with Crippen molar-refractivity contribution in [1.82, 2.24) is 15.3 Å². The molecule has 0 atom stereocenters. The van der Waals surface area contributed by atoms with E-state index in [1.54, 1.807) is 24.5 Å². The van der Waals surface area contributed by atoms with Crippen LogP contribution in [0, 0.1) is 11.8 Å². The molecule has 7 heteroatoms. The van der Waals surface area contributed by atoms with Gasteiger partial charge in [0, 0.05) is 37.9 Å². The average Bonchev–Trinajstić information content (AvgIpc) is 2.73. The van der Waals surface area contributed by atoms with Crippen LogP contribution in [0.25, 0.3) is 0 Å². The average molecular weight is 381 g/mol. The molecule has 3 heterocycles. The zero-order valence-corrected chi connectivity index (χ0v) is 16.4. The highest BCUT2D eigenvalue weighted by molar-refractivity contribution is 6.03. The molecule has 148 valence electrons. The lowest BCUT2D eigenvalue weighted by Gasteiger charge is -2.32. The van der Waals surface area contributed by atoms with Gasteiger partial charge in [0.05, 0.1) is 17.4 Å². The number of aromatic nitrogens is 2. The smallest absolute Gasteiger partial charge is 0.257 e. The van der Waals surface area contributed by atoms with E-state index in [1.165, 1.54) is 6.20 Å². The van der Waals surface area contributed by atoms with Crippen LogP contribution in [0.2, 0.25) is 0 Å². The fourth-order valence-electron chi connectivity index (χ4n) is 3.17. The number of anilines is 2. The van der Waals surface area contributed by atoms with Gasteiger partial charge in [-0.1, -0.05) is 13.8 Å². The summed E-state index contributed by atoms with van der Waals surface area (Å²) in [5.74, 6) is 1.35. The van der Waals surface area contributed by atoms with Crippen molar-refractivity contribution in [2.45, 2.75) is 26.7 Å². The number of carbonyl (C=O) groups excluding carboxylic acids is 2. The number of rotatable bonds is 6. The zero-order chi connectivity index (χ0) is 19.9. The van der Waals surface area contributed by atoms with Crippen LogP contribution >= 0.6 is 0 Å². The summed E-state index contributed by atoms with van der Waals surface area (Å²) < 4.78 is 0. The number of nitrogens with zero attached hydrogens (tertiary/aromatic N) is 3. The minimum Gasteiger partial charge on any atom is -0.357 e. The van der Waals surface area contributed by atoms with Crippen LogP contribution in [0.5, 0.6) is 0 Å². The number of pyridine rings is 2. The first kappa shape index (κ1) is 19.8. The third-order valence-electron chi connectivity index (χ3n) is 4.80. The Bertz CT molecular complexity index is 784. The Labute approximate surface area is 165 Å². The van der Waals surface area contributed by atoms with Gasteiger partial charge in [0.25, 0.3) is 5.91 Å². The summed E-state index contributed by atoms with van der Waals surface area (Å²) in [6.45, 7) is 6.52. The lowest BCUT2D eigenvalue weighted by molar-refractivity contribution is -0.125. The van der Waals surface area contributed by atoms with Crippen molar-refractivity contribution in [2.24, 2.45) is 11.8 Å². The Morgan fingerprint density at radius 2 is 1.96 bits per heavy atom. The molecule has 1 aliphatic rings. The Kier molecular flexibility index (Phi) is 6.57. The van der Waals surface area contributed by atoms with Crippen molar-refractivity contribution in [1.29, 1.82) is 0 Å².